The van der Waals surface area contributed by atoms with Crippen molar-refractivity contribution in [3.05, 3.63) is 6.33 Å². The molecule has 0 aromatic carbocycles. The monoisotopic (exact) mass is 336 g/mol. The van der Waals surface area contributed by atoms with Crippen LogP contribution in [0.3, 0.4) is 0 Å². The molecule has 0 unspecified atom stereocenters. The van der Waals surface area contributed by atoms with Gasteiger partial charge in [0.2, 0.25) is 11.8 Å². The molecule has 0 radical (unpaired) electrons. The maximum atomic E-state index is 12.7. The lowest BCUT2D eigenvalue weighted by molar-refractivity contribution is -0.146. The minimum atomic E-state index is -0.432. The number of carbonyl (C=O) groups is 2. The van der Waals surface area contributed by atoms with Crippen LogP contribution >= 0.6 is 0 Å². The van der Waals surface area contributed by atoms with Crippen molar-refractivity contribution in [2.75, 3.05) is 32.8 Å². The van der Waals surface area contributed by atoms with Crippen molar-refractivity contribution in [3.63, 3.8) is 0 Å². The van der Waals surface area contributed by atoms with Crippen LogP contribution in [0.4, 0.5) is 0 Å². The fourth-order valence-corrected chi connectivity index (χ4v) is 3.78. The Morgan fingerprint density at radius 1 is 1.29 bits per heavy atom. The Bertz CT molecular complexity index is 576. The number of nitrogens with zero attached hydrogens (tertiary/aromatic N) is 6. The van der Waals surface area contributed by atoms with Gasteiger partial charge in [-0.2, -0.15) is 0 Å². The first-order chi connectivity index (χ1) is 11.6. The zero-order chi connectivity index (χ0) is 17.0. The van der Waals surface area contributed by atoms with E-state index in [1.54, 1.807) is 9.58 Å². The molecule has 1 aromatic rings. The van der Waals surface area contributed by atoms with Gasteiger partial charge in [0.1, 0.15) is 6.33 Å². The molecule has 2 amide bonds. The standard InChI is InChI=1S/C15H24N6O3/c22-10-9-19-6-2-4-15(14(19)24)5-8-20(11-15)13(23)3-1-7-21-12-16-17-18-21/h12,22H,1-11H2/t15-/m1/s1. The van der Waals surface area contributed by atoms with Crippen molar-refractivity contribution in [1.82, 2.24) is 30.0 Å². The van der Waals surface area contributed by atoms with Crippen LogP contribution in [0.5, 0.6) is 0 Å². The van der Waals surface area contributed by atoms with Gasteiger partial charge in [-0.15, -0.1) is 5.10 Å². The second-order valence-electron chi connectivity index (χ2n) is 6.64. The quantitative estimate of drug-likeness (QED) is 0.736. The Hall–Kier alpha value is -2.03. The van der Waals surface area contributed by atoms with Gasteiger partial charge in [0.25, 0.3) is 0 Å². The largest absolute Gasteiger partial charge is 0.395 e. The first-order valence-corrected chi connectivity index (χ1v) is 8.53. The lowest BCUT2D eigenvalue weighted by Gasteiger charge is -2.39. The second kappa shape index (κ2) is 7.25. The van der Waals surface area contributed by atoms with Gasteiger partial charge in [-0.05, 0) is 36.1 Å². The molecule has 1 aromatic heterocycles. The number of hydrogen-bond donors (Lipinski definition) is 1. The van der Waals surface area contributed by atoms with E-state index in [0.29, 0.717) is 45.6 Å². The molecule has 0 saturated carbocycles. The molecule has 2 fully saturated rings. The van der Waals surface area contributed by atoms with Crippen molar-refractivity contribution in [3.8, 4) is 0 Å². The van der Waals surface area contributed by atoms with E-state index in [0.717, 1.165) is 19.3 Å². The van der Waals surface area contributed by atoms with Crippen LogP contribution in [-0.4, -0.2) is 79.7 Å². The molecule has 2 saturated heterocycles. The molecule has 9 heteroatoms. The number of aromatic nitrogens is 4. The maximum Gasteiger partial charge on any atom is 0.230 e. The van der Waals surface area contributed by atoms with Crippen molar-refractivity contribution in [2.24, 2.45) is 5.41 Å². The molecule has 0 bridgehead atoms. The summed E-state index contributed by atoms with van der Waals surface area (Å²) in [6, 6.07) is 0. The molecule has 1 spiro atoms. The number of hydrogen-bond acceptors (Lipinski definition) is 6. The number of tetrazole rings is 1. The molecule has 1 atom stereocenters. The van der Waals surface area contributed by atoms with Crippen LogP contribution in [0.25, 0.3) is 0 Å². The lowest BCUT2D eigenvalue weighted by atomic mass is 9.78. The molecular formula is C15H24N6O3. The summed E-state index contributed by atoms with van der Waals surface area (Å²) in [7, 11) is 0. The zero-order valence-electron chi connectivity index (χ0n) is 13.8. The number of β-amino-alcohol motifs (C(OH)–C–C–N with tert-alkyl or cyclic N) is 1. The second-order valence-corrected chi connectivity index (χ2v) is 6.64. The molecule has 1 N–H and O–H groups in total. The SMILES string of the molecule is O=C(CCCn1cnnn1)N1CC[C@]2(CCCN(CCO)C2=O)C1. The van der Waals surface area contributed by atoms with Gasteiger partial charge in [-0.3, -0.25) is 9.59 Å². The van der Waals surface area contributed by atoms with Crippen molar-refractivity contribution >= 4 is 11.8 Å². The van der Waals surface area contributed by atoms with Gasteiger partial charge >= 0.3 is 0 Å². The van der Waals surface area contributed by atoms with Gasteiger partial charge in [0.05, 0.1) is 12.0 Å². The number of amides is 2. The summed E-state index contributed by atoms with van der Waals surface area (Å²) >= 11 is 0. The van der Waals surface area contributed by atoms with Gasteiger partial charge in [0, 0.05) is 39.1 Å². The number of rotatable bonds is 6. The molecule has 132 valence electrons. The van der Waals surface area contributed by atoms with E-state index in [9.17, 15) is 9.59 Å². The smallest absolute Gasteiger partial charge is 0.230 e. The summed E-state index contributed by atoms with van der Waals surface area (Å²) < 4.78 is 1.61. The Morgan fingerprint density at radius 2 is 2.17 bits per heavy atom. The topological polar surface area (TPSA) is 104 Å². The number of aliphatic hydroxyl groups is 1. The number of likely N-dealkylation sites (tertiary alicyclic amines) is 2. The number of aliphatic hydroxyl groups excluding tert-OH is 1. The van der Waals surface area contributed by atoms with Gasteiger partial charge in [0.15, 0.2) is 0 Å². The molecular weight excluding hydrogens is 312 g/mol. The van der Waals surface area contributed by atoms with Crippen LogP contribution in [0.2, 0.25) is 0 Å². The van der Waals surface area contributed by atoms with E-state index >= 15 is 0 Å². The summed E-state index contributed by atoms with van der Waals surface area (Å²) in [5.41, 5.74) is -0.432. The fourth-order valence-electron chi connectivity index (χ4n) is 3.78. The van der Waals surface area contributed by atoms with Crippen molar-refractivity contribution < 1.29 is 14.7 Å². The summed E-state index contributed by atoms with van der Waals surface area (Å²) in [6.07, 6.45) is 5.15. The Kier molecular flexibility index (Phi) is 5.08. The van der Waals surface area contributed by atoms with E-state index in [1.165, 1.54) is 6.33 Å². The van der Waals surface area contributed by atoms with E-state index in [-0.39, 0.29) is 18.4 Å². The summed E-state index contributed by atoms with van der Waals surface area (Å²) in [5, 5.41) is 20.0. The van der Waals surface area contributed by atoms with E-state index in [4.69, 9.17) is 5.11 Å². The average molecular weight is 336 g/mol. The molecule has 3 heterocycles. The van der Waals surface area contributed by atoms with E-state index in [1.807, 2.05) is 4.90 Å². The highest BCUT2D eigenvalue weighted by Crippen LogP contribution is 2.40. The zero-order valence-corrected chi connectivity index (χ0v) is 13.8. The van der Waals surface area contributed by atoms with E-state index in [2.05, 4.69) is 15.5 Å². The maximum absolute atomic E-state index is 12.7. The molecule has 3 rings (SSSR count). The average Bonchev–Trinajstić information content (AvgIpc) is 3.23. The minimum Gasteiger partial charge on any atom is -0.395 e. The van der Waals surface area contributed by atoms with Crippen LogP contribution in [0.1, 0.15) is 32.1 Å². The number of carbonyl (C=O) groups excluding carboxylic acids is 2. The molecule has 24 heavy (non-hydrogen) atoms. The van der Waals surface area contributed by atoms with Crippen LogP contribution < -0.4 is 0 Å². The first kappa shape index (κ1) is 16.8. The van der Waals surface area contributed by atoms with Crippen LogP contribution in [0.15, 0.2) is 6.33 Å². The van der Waals surface area contributed by atoms with Gasteiger partial charge < -0.3 is 14.9 Å². The molecule has 9 nitrogen and oxygen atoms in total. The van der Waals surface area contributed by atoms with Gasteiger partial charge in [-0.1, -0.05) is 0 Å². The highest BCUT2D eigenvalue weighted by atomic mass is 16.3. The number of piperidine rings is 1. The van der Waals surface area contributed by atoms with E-state index < -0.39 is 5.41 Å². The molecule has 2 aliphatic heterocycles. The summed E-state index contributed by atoms with van der Waals surface area (Å²) in [6.45, 7) is 2.85. The Balaban J connectivity index is 1.52. The van der Waals surface area contributed by atoms with Crippen LogP contribution in [0, 0.1) is 5.41 Å². The lowest BCUT2D eigenvalue weighted by Crippen LogP contribution is -2.51. The third-order valence-electron chi connectivity index (χ3n) is 5.07. The van der Waals surface area contributed by atoms with Crippen molar-refractivity contribution in [1.29, 1.82) is 0 Å². The predicted molar refractivity (Wildman–Crippen MR) is 83.6 cm³/mol. The molecule has 2 aliphatic rings. The summed E-state index contributed by atoms with van der Waals surface area (Å²) in [4.78, 5) is 28.7. The fraction of sp³-hybridized carbons (Fsp3) is 0.800. The van der Waals surface area contributed by atoms with Crippen molar-refractivity contribution in [2.45, 2.75) is 38.6 Å². The minimum absolute atomic E-state index is 0.0123. The molecule has 0 aliphatic carbocycles. The third-order valence-corrected chi connectivity index (χ3v) is 5.07. The Morgan fingerprint density at radius 3 is 2.92 bits per heavy atom. The van der Waals surface area contributed by atoms with Crippen LogP contribution in [-0.2, 0) is 16.1 Å². The highest BCUT2D eigenvalue weighted by Gasteiger charge is 2.49. The first-order valence-electron chi connectivity index (χ1n) is 8.53. The number of aryl methyl sites for hydroxylation is 1. The highest BCUT2D eigenvalue weighted by molar-refractivity contribution is 5.86. The Labute approximate surface area is 140 Å². The predicted octanol–water partition coefficient (Wildman–Crippen LogP) is -0.713. The van der Waals surface area contributed by atoms with Gasteiger partial charge in [-0.25, -0.2) is 4.68 Å². The third kappa shape index (κ3) is 3.40. The summed E-state index contributed by atoms with van der Waals surface area (Å²) in [5.74, 6) is 0.193. The normalized spacial score (nSPS) is 24.1.